The topological polar surface area (TPSA) is 45.0 Å². The maximum absolute atomic E-state index is 8.43. The van der Waals surface area contributed by atoms with Crippen LogP contribution in [-0.2, 0) is 6.54 Å². The molecule has 0 spiro atoms. The van der Waals surface area contributed by atoms with Gasteiger partial charge in [-0.3, -0.25) is 0 Å². The number of nitrogens with one attached hydrogen (secondary N) is 1. The Labute approximate surface area is 127 Å². The minimum Gasteiger partial charge on any atom is -0.479 e. The van der Waals surface area contributed by atoms with E-state index in [2.05, 4.69) is 5.32 Å². The van der Waals surface area contributed by atoms with Crippen molar-refractivity contribution in [2.24, 2.45) is 0 Å². The number of hydrogen-bond acceptors (Lipinski definition) is 3. The molecule has 0 saturated heterocycles. The van der Waals surface area contributed by atoms with E-state index < -0.39 is 0 Å². The van der Waals surface area contributed by atoms with Gasteiger partial charge in [0.05, 0.1) is 10.7 Å². The Morgan fingerprint density at radius 1 is 1.10 bits per heavy atom. The van der Waals surface area contributed by atoms with Crippen LogP contribution in [0.25, 0.3) is 0 Å². The summed E-state index contributed by atoms with van der Waals surface area (Å²) in [6, 6.07) is 14.8. The standard InChI is InChI=1S/C15H12Cl2N2O/c16-12-3-6-15(14(17)9-12)19-10-11-1-4-13(5-2-11)20-8-7-18/h1-6,9,19H,8,10H2. The third-order valence-corrected chi connectivity index (χ3v) is 3.19. The first kappa shape index (κ1) is 14.5. The van der Waals surface area contributed by atoms with E-state index in [-0.39, 0.29) is 6.61 Å². The molecule has 2 aromatic carbocycles. The van der Waals surface area contributed by atoms with Crippen LogP contribution in [0.2, 0.25) is 10.0 Å². The lowest BCUT2D eigenvalue weighted by atomic mass is 10.2. The van der Waals surface area contributed by atoms with Crippen molar-refractivity contribution in [3.05, 3.63) is 58.1 Å². The molecule has 0 saturated carbocycles. The third kappa shape index (κ3) is 4.06. The lowest BCUT2D eigenvalue weighted by Crippen LogP contribution is -2.00. The van der Waals surface area contributed by atoms with E-state index in [0.717, 1.165) is 11.3 Å². The fourth-order valence-electron chi connectivity index (χ4n) is 1.65. The summed E-state index contributed by atoms with van der Waals surface area (Å²) < 4.78 is 5.19. The van der Waals surface area contributed by atoms with Gasteiger partial charge in [0.25, 0.3) is 0 Å². The first-order valence-corrected chi connectivity index (χ1v) is 6.72. The van der Waals surface area contributed by atoms with E-state index in [4.69, 9.17) is 33.2 Å². The van der Waals surface area contributed by atoms with Crippen molar-refractivity contribution in [2.45, 2.75) is 6.54 Å². The van der Waals surface area contributed by atoms with Crippen LogP contribution < -0.4 is 10.1 Å². The normalized spacial score (nSPS) is 9.85. The van der Waals surface area contributed by atoms with Crippen molar-refractivity contribution in [2.75, 3.05) is 11.9 Å². The minimum absolute atomic E-state index is 0.0536. The largest absolute Gasteiger partial charge is 0.479 e. The molecule has 1 N–H and O–H groups in total. The predicted octanol–water partition coefficient (Wildman–Crippen LogP) is 4.51. The summed E-state index contributed by atoms with van der Waals surface area (Å²) in [4.78, 5) is 0. The Morgan fingerprint density at radius 3 is 2.50 bits per heavy atom. The molecule has 0 amide bonds. The molecule has 3 nitrogen and oxygen atoms in total. The van der Waals surface area contributed by atoms with E-state index in [1.54, 1.807) is 12.1 Å². The fourth-order valence-corrected chi connectivity index (χ4v) is 2.12. The van der Waals surface area contributed by atoms with Gasteiger partial charge in [-0.2, -0.15) is 5.26 Å². The van der Waals surface area contributed by atoms with Crippen molar-refractivity contribution in [3.63, 3.8) is 0 Å². The lowest BCUT2D eigenvalue weighted by Gasteiger charge is -2.09. The van der Waals surface area contributed by atoms with Crippen LogP contribution in [0.1, 0.15) is 5.56 Å². The Bertz CT molecular complexity index is 621. The van der Waals surface area contributed by atoms with Crippen LogP contribution in [-0.4, -0.2) is 6.61 Å². The number of rotatable bonds is 5. The zero-order valence-electron chi connectivity index (χ0n) is 10.6. The van der Waals surface area contributed by atoms with Crippen LogP contribution in [0.3, 0.4) is 0 Å². The van der Waals surface area contributed by atoms with Gasteiger partial charge in [-0.25, -0.2) is 0 Å². The Balaban J connectivity index is 1.95. The molecular formula is C15H12Cl2N2O. The average molecular weight is 307 g/mol. The van der Waals surface area contributed by atoms with Gasteiger partial charge in [0.2, 0.25) is 0 Å². The summed E-state index contributed by atoms with van der Waals surface area (Å²) >= 11 is 11.9. The second-order valence-electron chi connectivity index (χ2n) is 4.07. The molecule has 5 heteroatoms. The molecule has 0 aromatic heterocycles. The second-order valence-corrected chi connectivity index (χ2v) is 4.91. The summed E-state index contributed by atoms with van der Waals surface area (Å²) in [5, 5.41) is 12.9. The van der Waals surface area contributed by atoms with Gasteiger partial charge in [-0.15, -0.1) is 0 Å². The minimum atomic E-state index is 0.0536. The van der Waals surface area contributed by atoms with E-state index in [1.165, 1.54) is 0 Å². The van der Waals surface area contributed by atoms with E-state index in [1.807, 2.05) is 36.4 Å². The van der Waals surface area contributed by atoms with Gasteiger partial charge in [0, 0.05) is 11.6 Å². The molecule has 2 rings (SSSR count). The van der Waals surface area contributed by atoms with Crippen molar-refractivity contribution in [1.82, 2.24) is 0 Å². The van der Waals surface area contributed by atoms with E-state index in [9.17, 15) is 0 Å². The number of ether oxygens (including phenoxy) is 1. The van der Waals surface area contributed by atoms with Gasteiger partial charge in [-0.1, -0.05) is 35.3 Å². The molecule has 0 aliphatic carbocycles. The van der Waals surface area contributed by atoms with Crippen molar-refractivity contribution >= 4 is 28.9 Å². The molecule has 0 bridgehead atoms. The smallest absolute Gasteiger partial charge is 0.174 e. The molecule has 2 aromatic rings. The number of nitrogens with zero attached hydrogens (tertiary/aromatic N) is 1. The average Bonchev–Trinajstić information content (AvgIpc) is 2.45. The van der Waals surface area contributed by atoms with Gasteiger partial charge >= 0.3 is 0 Å². The molecular weight excluding hydrogens is 295 g/mol. The van der Waals surface area contributed by atoms with Crippen LogP contribution in [0.15, 0.2) is 42.5 Å². The number of nitriles is 1. The summed E-state index contributed by atoms with van der Waals surface area (Å²) in [6.07, 6.45) is 0. The Kier molecular flexibility index (Phi) is 5.11. The lowest BCUT2D eigenvalue weighted by molar-refractivity contribution is 0.368. The molecule has 102 valence electrons. The Morgan fingerprint density at radius 2 is 1.85 bits per heavy atom. The van der Waals surface area contributed by atoms with E-state index in [0.29, 0.717) is 22.3 Å². The Hall–Kier alpha value is -1.89. The van der Waals surface area contributed by atoms with Gasteiger partial charge < -0.3 is 10.1 Å². The van der Waals surface area contributed by atoms with Crippen LogP contribution >= 0.6 is 23.2 Å². The SMILES string of the molecule is N#CCOc1ccc(CNc2ccc(Cl)cc2Cl)cc1. The first-order chi connectivity index (χ1) is 9.69. The zero-order chi connectivity index (χ0) is 14.4. The predicted molar refractivity (Wildman–Crippen MR) is 81.3 cm³/mol. The van der Waals surface area contributed by atoms with Gasteiger partial charge in [0.15, 0.2) is 6.61 Å². The molecule has 0 aliphatic rings. The quantitative estimate of drug-likeness (QED) is 0.884. The number of halogens is 2. The van der Waals surface area contributed by atoms with Crippen LogP contribution in [0.5, 0.6) is 5.75 Å². The molecule has 0 atom stereocenters. The summed E-state index contributed by atoms with van der Waals surface area (Å²) in [5.41, 5.74) is 1.92. The van der Waals surface area contributed by atoms with Crippen molar-refractivity contribution < 1.29 is 4.74 Å². The van der Waals surface area contributed by atoms with Gasteiger partial charge in [0.1, 0.15) is 11.8 Å². The summed E-state index contributed by atoms with van der Waals surface area (Å²) in [7, 11) is 0. The number of benzene rings is 2. The summed E-state index contributed by atoms with van der Waals surface area (Å²) in [6.45, 7) is 0.692. The second kappa shape index (κ2) is 7.04. The van der Waals surface area contributed by atoms with Crippen LogP contribution in [0, 0.1) is 11.3 Å². The summed E-state index contributed by atoms with van der Waals surface area (Å²) in [5.74, 6) is 0.680. The van der Waals surface area contributed by atoms with Crippen molar-refractivity contribution in [3.8, 4) is 11.8 Å². The van der Waals surface area contributed by atoms with E-state index >= 15 is 0 Å². The molecule has 0 aliphatic heterocycles. The highest BCUT2D eigenvalue weighted by molar-refractivity contribution is 6.36. The maximum atomic E-state index is 8.43. The highest BCUT2D eigenvalue weighted by Gasteiger charge is 2.01. The monoisotopic (exact) mass is 306 g/mol. The highest BCUT2D eigenvalue weighted by atomic mass is 35.5. The maximum Gasteiger partial charge on any atom is 0.174 e. The molecule has 20 heavy (non-hydrogen) atoms. The third-order valence-electron chi connectivity index (χ3n) is 2.64. The van der Waals surface area contributed by atoms with Crippen molar-refractivity contribution in [1.29, 1.82) is 5.26 Å². The molecule has 0 heterocycles. The fraction of sp³-hybridized carbons (Fsp3) is 0.133. The molecule has 0 radical (unpaired) electrons. The number of anilines is 1. The highest BCUT2D eigenvalue weighted by Crippen LogP contribution is 2.25. The molecule has 0 unspecified atom stereocenters. The van der Waals surface area contributed by atoms with Gasteiger partial charge in [-0.05, 0) is 35.9 Å². The zero-order valence-corrected chi connectivity index (χ0v) is 12.1. The molecule has 0 fully saturated rings. The van der Waals surface area contributed by atoms with Crippen LogP contribution in [0.4, 0.5) is 5.69 Å². The number of hydrogen-bond donors (Lipinski definition) is 1. The first-order valence-electron chi connectivity index (χ1n) is 5.96.